The number of allylic oxidation sites excluding steroid dienone is 1. The van der Waals surface area contributed by atoms with Gasteiger partial charge in [-0.25, -0.2) is 0 Å². The van der Waals surface area contributed by atoms with Crippen LogP contribution in [0.15, 0.2) is 11.1 Å². The molecule has 0 fully saturated rings. The molecule has 0 aromatic carbocycles. The van der Waals surface area contributed by atoms with E-state index in [2.05, 4.69) is 0 Å². The molecule has 0 saturated heterocycles. The summed E-state index contributed by atoms with van der Waals surface area (Å²) in [6.45, 7) is 0. The minimum absolute atomic E-state index is 0.0359. The Morgan fingerprint density at radius 1 is 1.56 bits per heavy atom. The Kier molecular flexibility index (Phi) is 2.11. The van der Waals surface area contributed by atoms with Gasteiger partial charge in [-0.15, -0.1) is 0 Å². The standard InChI is InChI=1S/C6H11ClN2/c7-4-1-2-5(8)6(9)3-4/h3,5-6H,1-2,8-9H2. The van der Waals surface area contributed by atoms with Crippen LogP contribution in [0.3, 0.4) is 0 Å². The lowest BCUT2D eigenvalue weighted by molar-refractivity contribution is 0.536. The average Bonchev–Trinajstić information content (AvgIpc) is 1.80. The molecule has 4 N–H and O–H groups in total. The second-order valence-electron chi connectivity index (χ2n) is 2.39. The molecule has 1 aliphatic carbocycles. The third-order valence-corrected chi connectivity index (χ3v) is 1.90. The lowest BCUT2D eigenvalue weighted by Gasteiger charge is -2.21. The van der Waals surface area contributed by atoms with E-state index >= 15 is 0 Å². The Hall–Kier alpha value is -0.0500. The highest BCUT2D eigenvalue weighted by atomic mass is 35.5. The molecule has 0 heterocycles. The molecule has 0 bridgehead atoms. The van der Waals surface area contributed by atoms with Crippen LogP contribution < -0.4 is 11.5 Å². The largest absolute Gasteiger partial charge is 0.326 e. The van der Waals surface area contributed by atoms with Gasteiger partial charge in [-0.1, -0.05) is 17.7 Å². The minimum Gasteiger partial charge on any atom is -0.326 e. The van der Waals surface area contributed by atoms with Crippen LogP contribution in [0.25, 0.3) is 0 Å². The summed E-state index contributed by atoms with van der Waals surface area (Å²) < 4.78 is 0. The van der Waals surface area contributed by atoms with Gasteiger partial charge in [-0.2, -0.15) is 0 Å². The van der Waals surface area contributed by atoms with Crippen LogP contribution in [0.1, 0.15) is 12.8 Å². The van der Waals surface area contributed by atoms with E-state index in [1.807, 2.05) is 6.08 Å². The summed E-state index contributed by atoms with van der Waals surface area (Å²) >= 11 is 5.70. The van der Waals surface area contributed by atoms with Gasteiger partial charge in [-0.05, 0) is 12.8 Å². The first kappa shape index (κ1) is 7.06. The fourth-order valence-corrected chi connectivity index (χ4v) is 1.17. The highest BCUT2D eigenvalue weighted by molar-refractivity contribution is 6.29. The quantitative estimate of drug-likeness (QED) is 0.525. The Balaban J connectivity index is 2.58. The molecule has 0 amide bonds. The van der Waals surface area contributed by atoms with E-state index in [0.29, 0.717) is 0 Å². The summed E-state index contributed by atoms with van der Waals surface area (Å²) in [4.78, 5) is 0. The van der Waals surface area contributed by atoms with Crippen LogP contribution in [0.5, 0.6) is 0 Å². The Morgan fingerprint density at radius 3 is 2.67 bits per heavy atom. The van der Waals surface area contributed by atoms with Crippen LogP contribution in [0.2, 0.25) is 0 Å². The molecule has 0 spiro atoms. The van der Waals surface area contributed by atoms with E-state index < -0.39 is 0 Å². The SMILES string of the molecule is NC1C=C(Cl)CCC1N. The lowest BCUT2D eigenvalue weighted by atomic mass is 9.98. The molecule has 1 rings (SSSR count). The zero-order valence-corrected chi connectivity index (χ0v) is 5.93. The van der Waals surface area contributed by atoms with Gasteiger partial charge in [0.1, 0.15) is 0 Å². The maximum absolute atomic E-state index is 5.70. The summed E-state index contributed by atoms with van der Waals surface area (Å²) in [5.74, 6) is 0. The van der Waals surface area contributed by atoms with Crippen LogP contribution in [-0.4, -0.2) is 12.1 Å². The molecule has 0 saturated carbocycles. The van der Waals surface area contributed by atoms with Gasteiger partial charge < -0.3 is 11.5 Å². The zero-order chi connectivity index (χ0) is 6.85. The lowest BCUT2D eigenvalue weighted by Crippen LogP contribution is -2.41. The van der Waals surface area contributed by atoms with E-state index in [0.717, 1.165) is 17.9 Å². The van der Waals surface area contributed by atoms with E-state index in [1.165, 1.54) is 0 Å². The summed E-state index contributed by atoms with van der Waals surface area (Å²) in [7, 11) is 0. The minimum atomic E-state index is -0.0359. The second kappa shape index (κ2) is 2.69. The van der Waals surface area contributed by atoms with Crippen molar-refractivity contribution in [3.05, 3.63) is 11.1 Å². The molecular weight excluding hydrogens is 136 g/mol. The van der Waals surface area contributed by atoms with Crippen molar-refractivity contribution >= 4 is 11.6 Å². The maximum Gasteiger partial charge on any atom is 0.0392 e. The summed E-state index contributed by atoms with van der Waals surface area (Å²) in [5.41, 5.74) is 11.2. The van der Waals surface area contributed by atoms with Gasteiger partial charge >= 0.3 is 0 Å². The van der Waals surface area contributed by atoms with Crippen molar-refractivity contribution in [2.45, 2.75) is 24.9 Å². The molecule has 9 heavy (non-hydrogen) atoms. The van der Waals surface area contributed by atoms with E-state index in [9.17, 15) is 0 Å². The first-order valence-electron chi connectivity index (χ1n) is 3.07. The van der Waals surface area contributed by atoms with Gasteiger partial charge in [0, 0.05) is 17.1 Å². The molecule has 52 valence electrons. The normalized spacial score (nSPS) is 36.1. The zero-order valence-electron chi connectivity index (χ0n) is 5.18. The first-order valence-corrected chi connectivity index (χ1v) is 3.45. The number of nitrogens with two attached hydrogens (primary N) is 2. The van der Waals surface area contributed by atoms with Crippen LogP contribution in [0.4, 0.5) is 0 Å². The Bertz CT molecular complexity index is 133. The summed E-state index contributed by atoms with van der Waals surface area (Å²) in [6.07, 6.45) is 3.63. The van der Waals surface area contributed by atoms with Crippen LogP contribution >= 0.6 is 11.6 Å². The smallest absolute Gasteiger partial charge is 0.0392 e. The van der Waals surface area contributed by atoms with Gasteiger partial charge in [0.05, 0.1) is 0 Å². The number of hydrogen-bond acceptors (Lipinski definition) is 2. The number of hydrogen-bond donors (Lipinski definition) is 2. The van der Waals surface area contributed by atoms with Crippen molar-refractivity contribution in [1.29, 1.82) is 0 Å². The molecule has 1 aliphatic rings. The monoisotopic (exact) mass is 146 g/mol. The number of halogens is 1. The number of rotatable bonds is 0. The van der Waals surface area contributed by atoms with Gasteiger partial charge in [0.25, 0.3) is 0 Å². The highest BCUT2D eigenvalue weighted by Crippen LogP contribution is 2.18. The molecule has 0 aliphatic heterocycles. The van der Waals surface area contributed by atoms with Crippen molar-refractivity contribution in [3.63, 3.8) is 0 Å². The molecule has 0 radical (unpaired) electrons. The summed E-state index contributed by atoms with van der Waals surface area (Å²) in [5, 5.41) is 0.851. The van der Waals surface area contributed by atoms with E-state index in [1.54, 1.807) is 0 Å². The fraction of sp³-hybridized carbons (Fsp3) is 0.667. The predicted molar refractivity (Wildman–Crippen MR) is 39.1 cm³/mol. The van der Waals surface area contributed by atoms with Gasteiger partial charge in [0.15, 0.2) is 0 Å². The third-order valence-electron chi connectivity index (χ3n) is 1.58. The van der Waals surface area contributed by atoms with Crippen molar-refractivity contribution < 1.29 is 0 Å². The van der Waals surface area contributed by atoms with E-state index in [4.69, 9.17) is 23.1 Å². The Labute approximate surface area is 59.9 Å². The molecule has 2 unspecified atom stereocenters. The van der Waals surface area contributed by atoms with Gasteiger partial charge in [-0.3, -0.25) is 0 Å². The Morgan fingerprint density at radius 2 is 2.22 bits per heavy atom. The maximum atomic E-state index is 5.70. The molecule has 2 atom stereocenters. The summed E-state index contributed by atoms with van der Waals surface area (Å²) in [6, 6.07) is 0.0683. The predicted octanol–water partition coefficient (Wildman–Crippen LogP) is 0.557. The topological polar surface area (TPSA) is 52.0 Å². The molecule has 0 aromatic rings. The van der Waals surface area contributed by atoms with Crippen molar-refractivity contribution in [3.8, 4) is 0 Å². The molecule has 0 aromatic heterocycles. The average molecular weight is 147 g/mol. The van der Waals surface area contributed by atoms with Crippen LogP contribution in [-0.2, 0) is 0 Å². The fourth-order valence-electron chi connectivity index (χ4n) is 0.913. The third kappa shape index (κ3) is 1.68. The first-order chi connectivity index (χ1) is 4.20. The van der Waals surface area contributed by atoms with Crippen molar-refractivity contribution in [2.24, 2.45) is 11.5 Å². The van der Waals surface area contributed by atoms with Gasteiger partial charge in [0.2, 0.25) is 0 Å². The second-order valence-corrected chi connectivity index (χ2v) is 2.88. The molecule has 2 nitrogen and oxygen atoms in total. The van der Waals surface area contributed by atoms with Crippen molar-refractivity contribution in [2.75, 3.05) is 0 Å². The van der Waals surface area contributed by atoms with Crippen LogP contribution in [0, 0.1) is 0 Å². The molecular formula is C6H11ClN2. The van der Waals surface area contributed by atoms with Crippen molar-refractivity contribution in [1.82, 2.24) is 0 Å². The van der Waals surface area contributed by atoms with E-state index in [-0.39, 0.29) is 12.1 Å². The highest BCUT2D eigenvalue weighted by Gasteiger charge is 2.16. The molecule has 3 heteroatoms.